The van der Waals surface area contributed by atoms with E-state index < -0.39 is 0 Å². The maximum atomic E-state index is 13.4. The molecule has 1 amide bonds. The Morgan fingerprint density at radius 2 is 1.89 bits per heavy atom. The number of hydrogen-bond acceptors (Lipinski definition) is 3. The largest absolute Gasteiger partial charge is 0.342 e. The van der Waals surface area contributed by atoms with Crippen LogP contribution in [0.5, 0.6) is 0 Å². The van der Waals surface area contributed by atoms with E-state index in [1.165, 1.54) is 12.1 Å². The van der Waals surface area contributed by atoms with Gasteiger partial charge in [0.05, 0.1) is 11.4 Å². The number of aromatic nitrogens is 2. The van der Waals surface area contributed by atoms with Crippen LogP contribution in [0.3, 0.4) is 0 Å². The van der Waals surface area contributed by atoms with Gasteiger partial charge in [0.25, 0.3) is 0 Å². The molecule has 5 nitrogen and oxygen atoms in total. The van der Waals surface area contributed by atoms with Crippen LogP contribution in [0.4, 0.5) is 4.39 Å². The number of benzene rings is 1. The van der Waals surface area contributed by atoms with Gasteiger partial charge in [0.15, 0.2) is 0 Å². The zero-order chi connectivity index (χ0) is 18.8. The van der Waals surface area contributed by atoms with Crippen molar-refractivity contribution in [1.29, 1.82) is 0 Å². The van der Waals surface area contributed by atoms with E-state index in [9.17, 15) is 9.18 Å². The lowest BCUT2D eigenvalue weighted by Gasteiger charge is -2.21. The van der Waals surface area contributed by atoms with Crippen LogP contribution in [-0.4, -0.2) is 51.3 Å². The van der Waals surface area contributed by atoms with E-state index >= 15 is 0 Å². The molecule has 1 saturated heterocycles. The standard InChI is InChI=1S/C21H23FN4O/c1-16(27)25-11-4-10-24(13-14-25)15-19-21(17-6-8-18(22)9-7-17)23-20-5-2-3-12-26(19)20/h2-3,5-9,12H,4,10-11,13-15H2,1H3. The van der Waals surface area contributed by atoms with Crippen molar-refractivity contribution in [1.82, 2.24) is 19.2 Å². The molecule has 0 spiro atoms. The van der Waals surface area contributed by atoms with E-state index in [1.54, 1.807) is 19.1 Å². The Hall–Kier alpha value is -2.73. The molecule has 0 saturated carbocycles. The second-order valence-electron chi connectivity index (χ2n) is 6.98. The molecule has 0 radical (unpaired) electrons. The smallest absolute Gasteiger partial charge is 0.219 e. The summed E-state index contributed by atoms with van der Waals surface area (Å²) in [6.07, 6.45) is 2.98. The van der Waals surface area contributed by atoms with Crippen molar-refractivity contribution < 1.29 is 9.18 Å². The summed E-state index contributed by atoms with van der Waals surface area (Å²) in [5, 5.41) is 0. The maximum Gasteiger partial charge on any atom is 0.219 e. The Balaban J connectivity index is 1.67. The number of amides is 1. The van der Waals surface area contributed by atoms with E-state index in [2.05, 4.69) is 9.30 Å². The van der Waals surface area contributed by atoms with Gasteiger partial charge in [-0.25, -0.2) is 9.37 Å². The number of rotatable bonds is 3. The predicted octanol–water partition coefficient (Wildman–Crippen LogP) is 3.19. The Morgan fingerprint density at radius 1 is 1.07 bits per heavy atom. The third-order valence-corrected chi connectivity index (χ3v) is 5.15. The third-order valence-electron chi connectivity index (χ3n) is 5.15. The number of pyridine rings is 1. The molecule has 1 aliphatic heterocycles. The van der Waals surface area contributed by atoms with Crippen molar-refractivity contribution >= 4 is 11.6 Å². The first-order chi connectivity index (χ1) is 13.1. The summed E-state index contributed by atoms with van der Waals surface area (Å²) in [7, 11) is 0. The van der Waals surface area contributed by atoms with Gasteiger partial charge in [-0.05, 0) is 42.8 Å². The van der Waals surface area contributed by atoms with Crippen LogP contribution in [0.1, 0.15) is 19.0 Å². The lowest BCUT2D eigenvalue weighted by atomic mass is 10.1. The minimum absolute atomic E-state index is 0.138. The molecule has 4 rings (SSSR count). The molecule has 0 aliphatic carbocycles. The van der Waals surface area contributed by atoms with Crippen LogP contribution in [0.2, 0.25) is 0 Å². The van der Waals surface area contributed by atoms with Crippen LogP contribution >= 0.6 is 0 Å². The number of nitrogens with zero attached hydrogens (tertiary/aromatic N) is 4. The predicted molar refractivity (Wildman–Crippen MR) is 103 cm³/mol. The van der Waals surface area contributed by atoms with Crippen LogP contribution in [-0.2, 0) is 11.3 Å². The first-order valence-electron chi connectivity index (χ1n) is 9.31. The molecule has 27 heavy (non-hydrogen) atoms. The van der Waals surface area contributed by atoms with E-state index in [0.29, 0.717) is 0 Å². The molecule has 1 aromatic carbocycles. The molecule has 1 aliphatic rings. The first-order valence-corrected chi connectivity index (χ1v) is 9.31. The lowest BCUT2D eigenvalue weighted by molar-refractivity contribution is -0.128. The van der Waals surface area contributed by atoms with Crippen LogP contribution in [0.15, 0.2) is 48.7 Å². The summed E-state index contributed by atoms with van der Waals surface area (Å²) < 4.78 is 15.5. The second-order valence-corrected chi connectivity index (χ2v) is 6.98. The van der Waals surface area contributed by atoms with Crippen molar-refractivity contribution in [2.45, 2.75) is 19.9 Å². The average molecular weight is 366 g/mol. The molecule has 0 atom stereocenters. The van der Waals surface area contributed by atoms with E-state index in [4.69, 9.17) is 4.98 Å². The molecule has 2 aromatic heterocycles. The summed E-state index contributed by atoms with van der Waals surface area (Å²) in [5.41, 5.74) is 3.77. The van der Waals surface area contributed by atoms with Crippen LogP contribution in [0, 0.1) is 5.82 Å². The monoisotopic (exact) mass is 366 g/mol. The third kappa shape index (κ3) is 3.71. The number of fused-ring (bicyclic) bond motifs is 1. The maximum absolute atomic E-state index is 13.4. The second kappa shape index (κ2) is 7.48. The lowest BCUT2D eigenvalue weighted by Crippen LogP contribution is -2.33. The van der Waals surface area contributed by atoms with Gasteiger partial charge in [-0.1, -0.05) is 6.07 Å². The molecule has 3 aromatic rings. The van der Waals surface area contributed by atoms with Gasteiger partial charge < -0.3 is 9.30 Å². The average Bonchev–Trinajstić information content (AvgIpc) is 2.85. The van der Waals surface area contributed by atoms with E-state index in [1.807, 2.05) is 29.3 Å². The molecule has 6 heteroatoms. The molecular formula is C21H23FN4O. The minimum Gasteiger partial charge on any atom is -0.342 e. The van der Waals surface area contributed by atoms with Crippen molar-refractivity contribution in [3.63, 3.8) is 0 Å². The van der Waals surface area contributed by atoms with Gasteiger partial charge in [-0.15, -0.1) is 0 Å². The summed E-state index contributed by atoms with van der Waals surface area (Å²) >= 11 is 0. The molecule has 140 valence electrons. The van der Waals surface area contributed by atoms with Crippen LogP contribution in [0.25, 0.3) is 16.9 Å². The Morgan fingerprint density at radius 3 is 2.67 bits per heavy atom. The SMILES string of the molecule is CC(=O)N1CCCN(Cc2c(-c3ccc(F)cc3)nc3ccccn23)CC1. The number of carbonyl (C=O) groups is 1. The van der Waals surface area contributed by atoms with Gasteiger partial charge in [0.2, 0.25) is 5.91 Å². The van der Waals surface area contributed by atoms with Crippen molar-refractivity contribution in [3.8, 4) is 11.3 Å². The number of hydrogen-bond donors (Lipinski definition) is 0. The summed E-state index contributed by atoms with van der Waals surface area (Å²) in [6.45, 7) is 5.70. The molecule has 0 N–H and O–H groups in total. The fourth-order valence-corrected chi connectivity index (χ4v) is 3.69. The zero-order valence-corrected chi connectivity index (χ0v) is 15.4. The number of carbonyl (C=O) groups excluding carboxylic acids is 1. The van der Waals surface area contributed by atoms with Crippen molar-refractivity contribution in [3.05, 3.63) is 60.2 Å². The molecule has 0 unspecified atom stereocenters. The Bertz CT molecular complexity index is 950. The highest BCUT2D eigenvalue weighted by Crippen LogP contribution is 2.26. The highest BCUT2D eigenvalue weighted by molar-refractivity contribution is 5.73. The molecular weight excluding hydrogens is 343 g/mol. The van der Waals surface area contributed by atoms with E-state index in [0.717, 1.165) is 61.7 Å². The molecule has 3 heterocycles. The first kappa shape index (κ1) is 17.7. The summed E-state index contributed by atoms with van der Waals surface area (Å²) in [4.78, 5) is 20.8. The van der Waals surface area contributed by atoms with Gasteiger partial charge in [-0.2, -0.15) is 0 Å². The Labute approximate surface area is 158 Å². The van der Waals surface area contributed by atoms with Crippen molar-refractivity contribution in [2.75, 3.05) is 26.2 Å². The highest BCUT2D eigenvalue weighted by atomic mass is 19.1. The van der Waals surface area contributed by atoms with Crippen LogP contribution < -0.4 is 0 Å². The molecule has 0 bridgehead atoms. The molecule has 1 fully saturated rings. The van der Waals surface area contributed by atoms with Gasteiger partial charge >= 0.3 is 0 Å². The summed E-state index contributed by atoms with van der Waals surface area (Å²) in [5.74, 6) is -0.112. The van der Waals surface area contributed by atoms with Gasteiger partial charge in [0, 0.05) is 51.4 Å². The fraction of sp³-hybridized carbons (Fsp3) is 0.333. The topological polar surface area (TPSA) is 40.9 Å². The normalized spacial score (nSPS) is 15.9. The van der Waals surface area contributed by atoms with Gasteiger partial charge in [0.1, 0.15) is 11.5 Å². The minimum atomic E-state index is -0.249. The van der Waals surface area contributed by atoms with Gasteiger partial charge in [-0.3, -0.25) is 9.69 Å². The van der Waals surface area contributed by atoms with Crippen molar-refractivity contribution in [2.24, 2.45) is 0 Å². The van der Waals surface area contributed by atoms with E-state index in [-0.39, 0.29) is 11.7 Å². The summed E-state index contributed by atoms with van der Waals surface area (Å²) in [6, 6.07) is 12.4. The fourth-order valence-electron chi connectivity index (χ4n) is 3.69. The highest BCUT2D eigenvalue weighted by Gasteiger charge is 2.20. The zero-order valence-electron chi connectivity index (χ0n) is 15.4. The quantitative estimate of drug-likeness (QED) is 0.715. The Kier molecular flexibility index (Phi) is 4.90. The number of imidazole rings is 1. The number of halogens is 1.